The number of amides is 1. The molecule has 1 aromatic heterocycles. The first kappa shape index (κ1) is 29.6. The maximum absolute atomic E-state index is 14.9. The summed E-state index contributed by atoms with van der Waals surface area (Å²) < 4.78 is 98.6. The van der Waals surface area contributed by atoms with Gasteiger partial charge in [0.1, 0.15) is 17.8 Å². The van der Waals surface area contributed by atoms with Crippen molar-refractivity contribution in [2.75, 3.05) is 13.7 Å². The minimum absolute atomic E-state index is 0.0560. The van der Waals surface area contributed by atoms with Crippen molar-refractivity contribution < 1.29 is 54.7 Å². The monoisotopic (exact) mass is 615 g/mol. The average Bonchev–Trinajstić information content (AvgIpc) is 3.39. The second-order valence-corrected chi connectivity index (χ2v) is 9.36. The van der Waals surface area contributed by atoms with Crippen LogP contribution in [-0.4, -0.2) is 63.4 Å². The van der Waals surface area contributed by atoms with E-state index in [-0.39, 0.29) is 41.5 Å². The number of carbonyl (C=O) groups is 3. The van der Waals surface area contributed by atoms with E-state index in [9.17, 15) is 45.1 Å². The van der Waals surface area contributed by atoms with Crippen LogP contribution in [0.25, 0.3) is 0 Å². The number of hydrogen-bond donors (Lipinski definition) is 0. The molecule has 0 aliphatic carbocycles. The Hall–Kier alpha value is -4.87. The molecule has 0 N–H and O–H groups in total. The quantitative estimate of drug-likeness (QED) is 0.317. The predicted molar refractivity (Wildman–Crippen MR) is 130 cm³/mol. The molecule has 5 rings (SSSR count). The lowest BCUT2D eigenvalue weighted by Gasteiger charge is -2.31. The van der Waals surface area contributed by atoms with Crippen LogP contribution < -0.4 is 9.49 Å². The van der Waals surface area contributed by atoms with Gasteiger partial charge in [0, 0.05) is 29.5 Å². The van der Waals surface area contributed by atoms with E-state index in [1.165, 1.54) is 19.2 Å². The number of rotatable bonds is 5. The van der Waals surface area contributed by atoms with Crippen molar-refractivity contribution in [2.45, 2.75) is 32.0 Å². The number of halogens is 7. The zero-order valence-corrected chi connectivity index (χ0v) is 21.7. The van der Waals surface area contributed by atoms with Crippen LogP contribution in [-0.2, 0) is 35.4 Å². The number of hydroxylamine groups is 1. The fraction of sp³-hybridized carbons (Fsp3) is 0.280. The molecule has 0 radical (unpaired) electrons. The van der Waals surface area contributed by atoms with Crippen LogP contribution in [0.5, 0.6) is 5.75 Å². The highest BCUT2D eigenvalue weighted by Crippen LogP contribution is 2.39. The summed E-state index contributed by atoms with van der Waals surface area (Å²) in [5.41, 5.74) is -1.11. The molecule has 1 unspecified atom stereocenters. The molecule has 226 valence electrons. The van der Waals surface area contributed by atoms with Crippen LogP contribution in [0.15, 0.2) is 41.5 Å². The molecule has 43 heavy (non-hydrogen) atoms. The van der Waals surface area contributed by atoms with Crippen LogP contribution in [0.1, 0.15) is 37.9 Å². The molecule has 0 bridgehead atoms. The van der Waals surface area contributed by atoms with E-state index in [0.29, 0.717) is 6.21 Å². The second kappa shape index (κ2) is 10.4. The lowest BCUT2D eigenvalue weighted by Crippen LogP contribution is -2.50. The zero-order valence-electron chi connectivity index (χ0n) is 21.7. The Bertz CT molecular complexity index is 1670. The van der Waals surface area contributed by atoms with Gasteiger partial charge in [-0.25, -0.2) is 14.0 Å². The molecule has 11 nitrogen and oxygen atoms in total. The minimum Gasteiger partial charge on any atom is -0.497 e. The summed E-state index contributed by atoms with van der Waals surface area (Å²) >= 11 is 0. The molecule has 0 saturated heterocycles. The summed E-state index contributed by atoms with van der Waals surface area (Å²) in [5, 5.41) is 10.4. The summed E-state index contributed by atoms with van der Waals surface area (Å²) in [5.74, 6) is -6.73. The van der Waals surface area contributed by atoms with E-state index in [2.05, 4.69) is 15.3 Å². The number of Topliss-reactive ketones (excluding diaryl/α,β-unsaturated/α-hetero) is 1. The Morgan fingerprint density at radius 3 is 2.44 bits per heavy atom. The van der Waals surface area contributed by atoms with Crippen LogP contribution >= 0.6 is 0 Å². The molecule has 18 heteroatoms. The summed E-state index contributed by atoms with van der Waals surface area (Å²) in [6.45, 7) is -1.78. The molecule has 2 aromatic carbocycles. The highest BCUT2D eigenvalue weighted by molar-refractivity contribution is 6.37. The maximum Gasteiger partial charge on any atom is 0.497 e. The number of aromatic nitrogens is 3. The van der Waals surface area contributed by atoms with Gasteiger partial charge in [0.25, 0.3) is 5.91 Å². The molecule has 1 atom stereocenters. The number of carbonyl (C=O) groups excluding carboxylic acids is 3. The summed E-state index contributed by atoms with van der Waals surface area (Å²) in [4.78, 5) is 43.6. The van der Waals surface area contributed by atoms with E-state index in [1.54, 1.807) is 0 Å². The molecule has 3 aromatic rings. The Kier molecular flexibility index (Phi) is 7.19. The standard InChI is InChI=1S/C25H18F7N6O5/c1-42-14-3-4-15-18(9-14)38(33-10-19(15)39,43-23(41)25(30,31)32)12-13-2-5-17(26)16(8-13)21(40)36-6-7-37-20(11-36)34-35-22(37)24(27,28)29/h2-5,8-10H,6-7,11-12H2,1H3/q+1. The molecular weight excluding hydrogens is 597 g/mol. The van der Waals surface area contributed by atoms with Gasteiger partial charge in [-0.15, -0.1) is 10.2 Å². The number of methoxy groups -OCH3 is 1. The van der Waals surface area contributed by atoms with Gasteiger partial charge in [0.2, 0.25) is 17.3 Å². The Balaban J connectivity index is 1.51. The van der Waals surface area contributed by atoms with Crippen LogP contribution in [0.4, 0.5) is 36.4 Å². The van der Waals surface area contributed by atoms with Gasteiger partial charge in [-0.3, -0.25) is 9.59 Å². The van der Waals surface area contributed by atoms with Gasteiger partial charge in [-0.2, -0.15) is 26.3 Å². The lowest BCUT2D eigenvalue weighted by atomic mass is 10.0. The van der Waals surface area contributed by atoms with E-state index in [1.807, 2.05) is 0 Å². The predicted octanol–water partition coefficient (Wildman–Crippen LogP) is 3.81. The number of ketones is 1. The van der Waals surface area contributed by atoms with Crippen molar-refractivity contribution in [1.82, 2.24) is 24.4 Å². The SMILES string of the molecule is COc1ccc2c(c1)[N+](Cc1ccc(F)c(C(=O)N3CCn4c(nnc4C(F)(F)F)C3)c1)(OC(=O)C(F)(F)F)N=CC2=O. The topological polar surface area (TPSA) is 116 Å². The molecule has 2 aliphatic rings. The number of fused-ring (bicyclic) bond motifs is 2. The van der Waals surface area contributed by atoms with Gasteiger partial charge in [-0.1, -0.05) is 6.07 Å². The number of hydrogen-bond acceptors (Lipinski definition) is 8. The summed E-state index contributed by atoms with van der Waals surface area (Å²) in [7, 11) is 1.25. The summed E-state index contributed by atoms with van der Waals surface area (Å²) in [6, 6.07) is 6.64. The Labute approximate surface area is 236 Å². The molecule has 0 spiro atoms. The van der Waals surface area contributed by atoms with Crippen LogP contribution in [0.3, 0.4) is 0 Å². The van der Waals surface area contributed by atoms with Crippen molar-refractivity contribution in [3.8, 4) is 5.75 Å². The lowest BCUT2D eigenvalue weighted by molar-refractivity contribution is -0.237. The highest BCUT2D eigenvalue weighted by atomic mass is 19.4. The summed E-state index contributed by atoms with van der Waals surface area (Å²) in [6.07, 6.45) is -9.59. The Morgan fingerprint density at radius 1 is 1.02 bits per heavy atom. The van der Waals surface area contributed by atoms with Gasteiger partial charge in [0.15, 0.2) is 12.4 Å². The molecule has 0 saturated carbocycles. The normalized spacial score (nSPS) is 18.2. The molecular formula is C25H18F7N6O5+. The van der Waals surface area contributed by atoms with Gasteiger partial charge in [-0.05, 0) is 29.4 Å². The van der Waals surface area contributed by atoms with Crippen molar-refractivity contribution >= 4 is 29.6 Å². The smallest absolute Gasteiger partial charge is 0.497 e. The first-order valence-electron chi connectivity index (χ1n) is 12.2. The number of nitrogens with zero attached hydrogens (tertiary/aromatic N) is 6. The van der Waals surface area contributed by atoms with E-state index in [0.717, 1.165) is 33.7 Å². The fourth-order valence-corrected chi connectivity index (χ4v) is 4.63. The highest BCUT2D eigenvalue weighted by Gasteiger charge is 2.52. The third-order valence-corrected chi connectivity index (χ3v) is 6.63. The van der Waals surface area contributed by atoms with E-state index >= 15 is 0 Å². The number of quaternary nitrogens is 1. The van der Waals surface area contributed by atoms with Gasteiger partial charge >= 0.3 is 18.3 Å². The van der Waals surface area contributed by atoms with Crippen molar-refractivity contribution in [3.05, 3.63) is 70.6 Å². The maximum atomic E-state index is 14.9. The molecule has 2 aliphatic heterocycles. The third-order valence-electron chi connectivity index (χ3n) is 6.63. The molecule has 1 amide bonds. The third kappa shape index (κ3) is 5.52. The second-order valence-electron chi connectivity index (χ2n) is 9.36. The fourth-order valence-electron chi connectivity index (χ4n) is 4.63. The van der Waals surface area contributed by atoms with Crippen molar-refractivity contribution in [2.24, 2.45) is 5.10 Å². The van der Waals surface area contributed by atoms with Crippen LogP contribution in [0, 0.1) is 5.82 Å². The van der Waals surface area contributed by atoms with E-state index in [4.69, 9.17) is 9.57 Å². The largest absolute Gasteiger partial charge is 0.497 e. The molecule has 0 fully saturated rings. The van der Waals surface area contributed by atoms with Gasteiger partial charge in [0.05, 0.1) is 24.8 Å². The minimum atomic E-state index is -5.47. The molecule has 3 heterocycles. The number of benzene rings is 2. The number of alkyl halides is 6. The average molecular weight is 615 g/mol. The first-order valence-corrected chi connectivity index (χ1v) is 12.2. The zero-order chi connectivity index (χ0) is 31.3. The number of ether oxygens (including phenoxy) is 1. The van der Waals surface area contributed by atoms with Crippen LogP contribution in [0.2, 0.25) is 0 Å². The van der Waals surface area contributed by atoms with Crippen molar-refractivity contribution in [1.29, 1.82) is 0 Å². The van der Waals surface area contributed by atoms with Gasteiger partial charge < -0.3 is 14.2 Å². The first-order chi connectivity index (χ1) is 20.1. The van der Waals surface area contributed by atoms with E-state index < -0.39 is 65.1 Å². The Morgan fingerprint density at radius 2 is 1.77 bits per heavy atom. The van der Waals surface area contributed by atoms with Crippen molar-refractivity contribution in [3.63, 3.8) is 0 Å².